The Kier molecular flexibility index (Phi) is 5.41. The maximum atomic E-state index is 11.7. The van der Waals surface area contributed by atoms with E-state index in [0.717, 1.165) is 5.76 Å². The van der Waals surface area contributed by atoms with Gasteiger partial charge in [0.1, 0.15) is 17.6 Å². The molecule has 6 heteroatoms. The van der Waals surface area contributed by atoms with Crippen LogP contribution in [0.1, 0.15) is 44.3 Å². The number of carboxylic acid groups (broad SMARTS) is 1. The molecular formula is C13H20N2O4. The molecule has 0 radical (unpaired) electrons. The zero-order chi connectivity index (χ0) is 14.4. The topological polar surface area (TPSA) is 91.6 Å². The molecule has 1 heterocycles. The van der Waals surface area contributed by atoms with Crippen molar-refractivity contribution in [3.8, 4) is 0 Å². The van der Waals surface area contributed by atoms with E-state index < -0.39 is 18.0 Å². The number of rotatable bonds is 6. The zero-order valence-electron chi connectivity index (χ0n) is 11.4. The molecule has 6 nitrogen and oxygen atoms in total. The van der Waals surface area contributed by atoms with Crippen LogP contribution in [0.15, 0.2) is 16.5 Å². The van der Waals surface area contributed by atoms with Crippen molar-refractivity contribution in [3.05, 3.63) is 23.7 Å². The van der Waals surface area contributed by atoms with Crippen molar-refractivity contribution in [2.45, 2.75) is 45.7 Å². The Morgan fingerprint density at radius 1 is 1.37 bits per heavy atom. The van der Waals surface area contributed by atoms with Gasteiger partial charge in [0.05, 0.1) is 6.04 Å². The van der Waals surface area contributed by atoms with Crippen molar-refractivity contribution in [2.75, 3.05) is 0 Å². The van der Waals surface area contributed by atoms with Gasteiger partial charge in [-0.25, -0.2) is 9.59 Å². The van der Waals surface area contributed by atoms with Crippen LogP contribution < -0.4 is 10.6 Å². The number of aryl methyl sites for hydroxylation is 1. The van der Waals surface area contributed by atoms with E-state index in [9.17, 15) is 9.59 Å². The van der Waals surface area contributed by atoms with Crippen LogP contribution in [0.5, 0.6) is 0 Å². The van der Waals surface area contributed by atoms with Gasteiger partial charge in [-0.05, 0) is 32.4 Å². The fourth-order valence-electron chi connectivity index (χ4n) is 1.70. The number of amides is 2. The SMILES string of the molecule is CCCC(NC(=O)NC(C)c1ccc(C)o1)C(=O)O. The number of nitrogens with one attached hydrogen (secondary N) is 2. The fraction of sp³-hybridized carbons (Fsp3) is 0.538. The summed E-state index contributed by atoms with van der Waals surface area (Å²) in [4.78, 5) is 22.6. The van der Waals surface area contributed by atoms with Crippen molar-refractivity contribution in [3.63, 3.8) is 0 Å². The molecule has 3 N–H and O–H groups in total. The summed E-state index contributed by atoms with van der Waals surface area (Å²) in [6, 6.07) is 1.89. The van der Waals surface area contributed by atoms with Gasteiger partial charge in [0.25, 0.3) is 0 Å². The van der Waals surface area contributed by atoms with E-state index in [1.165, 1.54) is 0 Å². The van der Waals surface area contributed by atoms with Crippen molar-refractivity contribution >= 4 is 12.0 Å². The lowest BCUT2D eigenvalue weighted by Crippen LogP contribution is -2.46. The molecule has 19 heavy (non-hydrogen) atoms. The maximum absolute atomic E-state index is 11.7. The lowest BCUT2D eigenvalue weighted by atomic mass is 10.2. The third-order valence-corrected chi connectivity index (χ3v) is 2.72. The van der Waals surface area contributed by atoms with Gasteiger partial charge in [-0.2, -0.15) is 0 Å². The first kappa shape index (κ1) is 15.1. The summed E-state index contributed by atoms with van der Waals surface area (Å²) in [5.74, 6) is 0.368. The minimum absolute atomic E-state index is 0.315. The number of furan rings is 1. The van der Waals surface area contributed by atoms with Crippen LogP contribution in [-0.4, -0.2) is 23.1 Å². The van der Waals surface area contributed by atoms with Gasteiger partial charge in [-0.15, -0.1) is 0 Å². The highest BCUT2D eigenvalue weighted by Gasteiger charge is 2.20. The number of carbonyl (C=O) groups excluding carboxylic acids is 1. The summed E-state index contributed by atoms with van der Waals surface area (Å²) in [5, 5.41) is 14.0. The summed E-state index contributed by atoms with van der Waals surface area (Å²) in [7, 11) is 0. The molecule has 106 valence electrons. The minimum atomic E-state index is -1.03. The van der Waals surface area contributed by atoms with Crippen molar-refractivity contribution in [1.29, 1.82) is 0 Å². The van der Waals surface area contributed by atoms with E-state index >= 15 is 0 Å². The third kappa shape index (κ3) is 4.65. The Morgan fingerprint density at radius 3 is 2.53 bits per heavy atom. The zero-order valence-corrected chi connectivity index (χ0v) is 11.4. The molecule has 1 aromatic heterocycles. The van der Waals surface area contributed by atoms with Crippen LogP contribution in [-0.2, 0) is 4.79 Å². The van der Waals surface area contributed by atoms with Crippen molar-refractivity contribution < 1.29 is 19.1 Å². The smallest absolute Gasteiger partial charge is 0.326 e. The Morgan fingerprint density at radius 2 is 2.05 bits per heavy atom. The first-order valence-electron chi connectivity index (χ1n) is 6.30. The highest BCUT2D eigenvalue weighted by atomic mass is 16.4. The molecule has 0 aliphatic heterocycles. The molecule has 0 spiro atoms. The normalized spacial score (nSPS) is 13.6. The van der Waals surface area contributed by atoms with E-state index in [0.29, 0.717) is 18.6 Å². The van der Waals surface area contributed by atoms with Crippen LogP contribution in [0.3, 0.4) is 0 Å². The summed E-state index contributed by atoms with van der Waals surface area (Å²) in [6.07, 6.45) is 1.08. The standard InChI is InChI=1S/C13H20N2O4/c1-4-5-10(12(16)17)15-13(18)14-9(3)11-7-6-8(2)19-11/h6-7,9-10H,4-5H2,1-3H3,(H,16,17)(H2,14,15,18). The Labute approximate surface area is 112 Å². The van der Waals surface area contributed by atoms with Crippen LogP contribution >= 0.6 is 0 Å². The Hall–Kier alpha value is -1.98. The van der Waals surface area contributed by atoms with Crippen LogP contribution in [0.4, 0.5) is 4.79 Å². The lowest BCUT2D eigenvalue weighted by molar-refractivity contribution is -0.139. The molecule has 0 aliphatic carbocycles. The molecule has 0 bridgehead atoms. The van der Waals surface area contributed by atoms with Gasteiger partial charge in [0.15, 0.2) is 0 Å². The molecule has 2 atom stereocenters. The lowest BCUT2D eigenvalue weighted by Gasteiger charge is -2.16. The number of hydrogen-bond acceptors (Lipinski definition) is 3. The molecule has 0 aromatic carbocycles. The summed E-state index contributed by atoms with van der Waals surface area (Å²) in [6.45, 7) is 5.45. The first-order chi connectivity index (χ1) is 8.93. The number of hydrogen-bond donors (Lipinski definition) is 3. The average molecular weight is 268 g/mol. The van der Waals surface area contributed by atoms with Crippen LogP contribution in [0, 0.1) is 6.92 Å². The third-order valence-electron chi connectivity index (χ3n) is 2.72. The van der Waals surface area contributed by atoms with Gasteiger partial charge < -0.3 is 20.2 Å². The fourth-order valence-corrected chi connectivity index (χ4v) is 1.70. The predicted octanol–water partition coefficient (Wildman–Crippen LogP) is 2.20. The van der Waals surface area contributed by atoms with Gasteiger partial charge in [-0.3, -0.25) is 0 Å². The number of aliphatic carboxylic acids is 1. The van der Waals surface area contributed by atoms with Gasteiger partial charge in [0, 0.05) is 0 Å². The second-order valence-electron chi connectivity index (χ2n) is 4.47. The molecule has 2 amide bonds. The highest BCUT2D eigenvalue weighted by molar-refractivity contribution is 5.82. The number of carbonyl (C=O) groups is 2. The summed E-state index contributed by atoms with van der Waals surface area (Å²) < 4.78 is 5.39. The Balaban J connectivity index is 2.52. The second kappa shape index (κ2) is 6.82. The monoisotopic (exact) mass is 268 g/mol. The molecule has 0 fully saturated rings. The van der Waals surface area contributed by atoms with E-state index in [4.69, 9.17) is 9.52 Å². The molecule has 0 saturated carbocycles. The van der Waals surface area contributed by atoms with Gasteiger partial charge in [0.2, 0.25) is 0 Å². The Bertz CT molecular complexity index is 442. The van der Waals surface area contributed by atoms with Crippen molar-refractivity contribution in [2.24, 2.45) is 0 Å². The predicted molar refractivity (Wildman–Crippen MR) is 69.9 cm³/mol. The van der Waals surface area contributed by atoms with E-state index in [2.05, 4.69) is 10.6 Å². The largest absolute Gasteiger partial charge is 0.480 e. The number of urea groups is 1. The minimum Gasteiger partial charge on any atom is -0.480 e. The van der Waals surface area contributed by atoms with Crippen LogP contribution in [0.25, 0.3) is 0 Å². The van der Waals surface area contributed by atoms with Gasteiger partial charge >= 0.3 is 12.0 Å². The van der Waals surface area contributed by atoms with Crippen LogP contribution in [0.2, 0.25) is 0 Å². The molecule has 0 aliphatic rings. The van der Waals surface area contributed by atoms with E-state index in [1.807, 2.05) is 19.9 Å². The first-order valence-corrected chi connectivity index (χ1v) is 6.30. The molecule has 0 saturated heterocycles. The summed E-state index contributed by atoms with van der Waals surface area (Å²) >= 11 is 0. The van der Waals surface area contributed by atoms with E-state index in [-0.39, 0.29) is 6.04 Å². The quantitative estimate of drug-likeness (QED) is 0.737. The highest BCUT2D eigenvalue weighted by Crippen LogP contribution is 2.15. The van der Waals surface area contributed by atoms with Crippen molar-refractivity contribution in [1.82, 2.24) is 10.6 Å². The van der Waals surface area contributed by atoms with E-state index in [1.54, 1.807) is 13.0 Å². The second-order valence-corrected chi connectivity index (χ2v) is 4.47. The molecule has 2 unspecified atom stereocenters. The molecular weight excluding hydrogens is 248 g/mol. The summed E-state index contributed by atoms with van der Waals surface area (Å²) in [5.41, 5.74) is 0. The molecule has 1 aromatic rings. The maximum Gasteiger partial charge on any atom is 0.326 e. The number of carboxylic acids is 1. The van der Waals surface area contributed by atoms with Gasteiger partial charge in [-0.1, -0.05) is 13.3 Å². The molecule has 1 rings (SSSR count). The average Bonchev–Trinajstić information content (AvgIpc) is 2.75.